The average Bonchev–Trinajstić information content (AvgIpc) is 2.56. The quantitative estimate of drug-likeness (QED) is 0.219. The zero-order valence-corrected chi connectivity index (χ0v) is 15.9. The molecule has 0 spiro atoms. The predicted octanol–water partition coefficient (Wildman–Crippen LogP) is 1.76. The number of hydrogen-bond acceptors (Lipinski definition) is 6. The van der Waals surface area contributed by atoms with Gasteiger partial charge in [0.25, 0.3) is 0 Å². The van der Waals surface area contributed by atoms with Crippen LogP contribution in [0.5, 0.6) is 0 Å². The number of rotatable bonds is 14. The van der Waals surface area contributed by atoms with Crippen LogP contribution < -0.4 is 0 Å². The number of aliphatic carboxylic acids is 6. The number of unbranched alkanes of at least 4 members (excludes halogenated alkanes) is 3. The highest BCUT2D eigenvalue weighted by Gasteiger charge is 2.01. The summed E-state index contributed by atoms with van der Waals surface area (Å²) in [6, 6.07) is 0. The van der Waals surface area contributed by atoms with E-state index in [2.05, 4.69) is 0 Å². The van der Waals surface area contributed by atoms with Crippen LogP contribution in [0, 0.1) is 0 Å². The van der Waals surface area contributed by atoms with Crippen molar-refractivity contribution in [2.24, 2.45) is 0 Å². The summed E-state index contributed by atoms with van der Waals surface area (Å²) < 4.78 is 0. The van der Waals surface area contributed by atoms with E-state index in [1.54, 1.807) is 0 Å². The number of carboxylic acid groups (broad SMARTS) is 6. The van der Waals surface area contributed by atoms with Gasteiger partial charge in [0.2, 0.25) is 0 Å². The molecule has 0 aliphatic rings. The summed E-state index contributed by atoms with van der Waals surface area (Å²) in [4.78, 5) is 58.9. The molecule has 12 heteroatoms. The lowest BCUT2D eigenvalue weighted by Crippen LogP contribution is -2.00. The second kappa shape index (κ2) is 21.1. The van der Waals surface area contributed by atoms with E-state index in [9.17, 15) is 28.8 Å². The summed E-state index contributed by atoms with van der Waals surface area (Å²) in [6.07, 6.45) is 2.77. The smallest absolute Gasteiger partial charge is 0.303 e. The van der Waals surface area contributed by atoms with E-state index < -0.39 is 35.8 Å². The maximum Gasteiger partial charge on any atom is 0.303 e. The molecule has 29 heavy (non-hydrogen) atoms. The van der Waals surface area contributed by atoms with Gasteiger partial charge in [0.1, 0.15) is 0 Å². The lowest BCUT2D eigenvalue weighted by molar-refractivity contribution is -0.143. The molecule has 0 bridgehead atoms. The molecule has 0 amide bonds. The summed E-state index contributed by atoms with van der Waals surface area (Å²) >= 11 is 0. The van der Waals surface area contributed by atoms with Crippen molar-refractivity contribution < 1.29 is 59.4 Å². The normalized spacial score (nSPS) is 9.10. The molecular weight excluding hydrogens is 396 g/mol. The number of carbonyl (C=O) groups is 6. The van der Waals surface area contributed by atoms with Gasteiger partial charge in [-0.1, -0.05) is 12.8 Å². The molecule has 0 unspecified atom stereocenters. The van der Waals surface area contributed by atoms with Gasteiger partial charge in [0.15, 0.2) is 0 Å². The van der Waals surface area contributed by atoms with Crippen LogP contribution in [-0.2, 0) is 28.8 Å². The highest BCUT2D eigenvalue weighted by molar-refractivity contribution is 5.75. The standard InChI is InChI=1S/C8H14O4.C5H8O4.C4H6O4/c9-7(10)5-3-1-2-4-6-8(11)12;6-4(7)2-1-3-5(8)9;5-3(6)1-2-4(7)8/h1-6H2,(H,9,10)(H,11,12);1-3H2,(H,6,7)(H,8,9);1-2H2,(H,5,6)(H,7,8). The van der Waals surface area contributed by atoms with Gasteiger partial charge in [-0.2, -0.15) is 0 Å². The molecule has 0 heterocycles. The largest absolute Gasteiger partial charge is 0.481 e. The van der Waals surface area contributed by atoms with E-state index in [0.717, 1.165) is 12.8 Å². The third-order valence-electron chi connectivity index (χ3n) is 2.87. The van der Waals surface area contributed by atoms with E-state index in [0.29, 0.717) is 12.8 Å². The summed E-state index contributed by atoms with van der Waals surface area (Å²) in [5.74, 6) is -5.62. The van der Waals surface area contributed by atoms with Crippen molar-refractivity contribution in [1.29, 1.82) is 0 Å². The lowest BCUT2D eigenvalue weighted by Gasteiger charge is -1.96. The van der Waals surface area contributed by atoms with Crippen molar-refractivity contribution >= 4 is 35.8 Å². The Bertz CT molecular complexity index is 481. The summed E-state index contributed by atoms with van der Waals surface area (Å²) in [7, 11) is 0. The summed E-state index contributed by atoms with van der Waals surface area (Å²) in [5, 5.41) is 48.4. The predicted molar refractivity (Wildman–Crippen MR) is 96.6 cm³/mol. The minimum absolute atomic E-state index is 0.0632. The van der Waals surface area contributed by atoms with Gasteiger partial charge in [0.05, 0.1) is 12.8 Å². The minimum atomic E-state index is -1.08. The summed E-state index contributed by atoms with van der Waals surface area (Å²) in [6.45, 7) is 0. The monoisotopic (exact) mass is 424 g/mol. The lowest BCUT2D eigenvalue weighted by atomic mass is 10.1. The van der Waals surface area contributed by atoms with Crippen LogP contribution >= 0.6 is 0 Å². The fraction of sp³-hybridized carbons (Fsp3) is 0.647. The van der Waals surface area contributed by atoms with Gasteiger partial charge in [-0.25, -0.2) is 0 Å². The molecule has 6 N–H and O–H groups in total. The Morgan fingerprint density at radius 1 is 0.310 bits per heavy atom. The first-order valence-corrected chi connectivity index (χ1v) is 8.69. The van der Waals surface area contributed by atoms with Crippen molar-refractivity contribution in [3.05, 3.63) is 0 Å². The second-order valence-corrected chi connectivity index (χ2v) is 5.63. The molecule has 168 valence electrons. The number of carboxylic acids is 6. The van der Waals surface area contributed by atoms with E-state index in [1.807, 2.05) is 0 Å². The van der Waals surface area contributed by atoms with E-state index in [4.69, 9.17) is 30.6 Å². The van der Waals surface area contributed by atoms with Crippen LogP contribution in [0.2, 0.25) is 0 Å². The maximum atomic E-state index is 10.0. The van der Waals surface area contributed by atoms with Crippen molar-refractivity contribution in [3.8, 4) is 0 Å². The first-order chi connectivity index (χ1) is 13.4. The van der Waals surface area contributed by atoms with Gasteiger partial charge in [-0.05, 0) is 19.3 Å². The fourth-order valence-corrected chi connectivity index (χ4v) is 1.51. The van der Waals surface area contributed by atoms with Gasteiger partial charge in [-0.3, -0.25) is 28.8 Å². The van der Waals surface area contributed by atoms with E-state index >= 15 is 0 Å². The molecule has 0 aliphatic heterocycles. The van der Waals surface area contributed by atoms with Crippen LogP contribution in [0.1, 0.15) is 70.6 Å². The molecule has 0 radical (unpaired) electrons. The zero-order chi connectivity index (χ0) is 23.2. The maximum absolute atomic E-state index is 10.0. The SMILES string of the molecule is O=C(O)CCC(=O)O.O=C(O)CCCC(=O)O.O=C(O)CCCCCCC(=O)O. The Balaban J connectivity index is -0.000000359. The average molecular weight is 424 g/mol. The molecule has 0 aromatic rings. The highest BCUT2D eigenvalue weighted by Crippen LogP contribution is 2.04. The molecular formula is C17H28O12. The minimum Gasteiger partial charge on any atom is -0.481 e. The third kappa shape index (κ3) is 45.7. The second-order valence-electron chi connectivity index (χ2n) is 5.63. The molecule has 0 aromatic carbocycles. The molecule has 0 atom stereocenters. The van der Waals surface area contributed by atoms with Crippen molar-refractivity contribution in [3.63, 3.8) is 0 Å². The molecule has 0 saturated heterocycles. The molecule has 0 aliphatic carbocycles. The molecule has 0 rings (SSSR count). The molecule has 12 nitrogen and oxygen atoms in total. The van der Waals surface area contributed by atoms with Gasteiger partial charge in [0, 0.05) is 25.7 Å². The number of hydrogen-bond donors (Lipinski definition) is 6. The highest BCUT2D eigenvalue weighted by atomic mass is 16.4. The summed E-state index contributed by atoms with van der Waals surface area (Å²) in [5.41, 5.74) is 0. The first kappa shape index (κ1) is 30.5. The Labute approximate surface area is 166 Å². The Hall–Kier alpha value is -3.18. The van der Waals surface area contributed by atoms with Gasteiger partial charge < -0.3 is 30.6 Å². The topological polar surface area (TPSA) is 224 Å². The van der Waals surface area contributed by atoms with Gasteiger partial charge in [-0.15, -0.1) is 0 Å². The molecule has 0 aromatic heterocycles. The van der Waals surface area contributed by atoms with Crippen LogP contribution in [0.25, 0.3) is 0 Å². The molecule has 0 saturated carbocycles. The Morgan fingerprint density at radius 2 is 0.517 bits per heavy atom. The van der Waals surface area contributed by atoms with Crippen molar-refractivity contribution in [2.75, 3.05) is 0 Å². The van der Waals surface area contributed by atoms with Crippen LogP contribution in [0.15, 0.2) is 0 Å². The van der Waals surface area contributed by atoms with E-state index in [-0.39, 0.29) is 44.9 Å². The Kier molecular flexibility index (Phi) is 22.2. The van der Waals surface area contributed by atoms with Crippen molar-refractivity contribution in [1.82, 2.24) is 0 Å². The van der Waals surface area contributed by atoms with Gasteiger partial charge >= 0.3 is 35.8 Å². The fourth-order valence-electron chi connectivity index (χ4n) is 1.51. The first-order valence-electron chi connectivity index (χ1n) is 8.69. The van der Waals surface area contributed by atoms with Crippen LogP contribution in [-0.4, -0.2) is 66.5 Å². The van der Waals surface area contributed by atoms with E-state index in [1.165, 1.54) is 0 Å². The van der Waals surface area contributed by atoms with Crippen LogP contribution in [0.4, 0.5) is 0 Å². The third-order valence-corrected chi connectivity index (χ3v) is 2.87. The Morgan fingerprint density at radius 3 is 0.724 bits per heavy atom. The molecule has 0 fully saturated rings. The van der Waals surface area contributed by atoms with Crippen LogP contribution in [0.3, 0.4) is 0 Å². The zero-order valence-electron chi connectivity index (χ0n) is 15.9. The van der Waals surface area contributed by atoms with Crippen molar-refractivity contribution in [2.45, 2.75) is 70.6 Å².